The number of ether oxygens (including phenoxy) is 1. The minimum Gasteiger partial charge on any atom is -0.439 e. The normalized spacial score (nSPS) is 16.4. The van der Waals surface area contributed by atoms with E-state index in [0.717, 1.165) is 18.3 Å². The smallest absolute Gasteiger partial charge is 0.220 e. The molecule has 1 amide bonds. The maximum Gasteiger partial charge on any atom is 0.220 e. The number of hydrogen-bond donors (Lipinski definition) is 5. The first-order valence-corrected chi connectivity index (χ1v) is 8.87. The van der Waals surface area contributed by atoms with Crippen LogP contribution >= 0.6 is 0 Å². The highest BCUT2D eigenvalue weighted by Crippen LogP contribution is 2.25. The van der Waals surface area contributed by atoms with Gasteiger partial charge in [-0.15, -0.1) is 0 Å². The van der Waals surface area contributed by atoms with Crippen LogP contribution in [0.25, 0.3) is 5.70 Å². The number of amides is 1. The summed E-state index contributed by atoms with van der Waals surface area (Å²) in [5.74, 6) is 1.04. The van der Waals surface area contributed by atoms with Crippen LogP contribution in [-0.4, -0.2) is 35.9 Å². The monoisotopic (exact) mass is 378 g/mol. The van der Waals surface area contributed by atoms with Gasteiger partial charge < -0.3 is 31.9 Å². The van der Waals surface area contributed by atoms with Crippen LogP contribution < -0.4 is 21.1 Å². The van der Waals surface area contributed by atoms with Crippen molar-refractivity contribution in [1.29, 1.82) is 10.8 Å². The summed E-state index contributed by atoms with van der Waals surface area (Å²) in [6, 6.07) is 8.95. The van der Waals surface area contributed by atoms with Crippen LogP contribution in [0, 0.1) is 10.8 Å². The second kappa shape index (κ2) is 8.81. The van der Waals surface area contributed by atoms with E-state index in [2.05, 4.69) is 15.6 Å². The van der Waals surface area contributed by atoms with Gasteiger partial charge in [0.25, 0.3) is 0 Å². The van der Waals surface area contributed by atoms with E-state index in [-0.39, 0.29) is 11.9 Å². The maximum absolute atomic E-state index is 11.3. The summed E-state index contributed by atoms with van der Waals surface area (Å²) in [6.45, 7) is 0.612. The summed E-state index contributed by atoms with van der Waals surface area (Å²) in [4.78, 5) is 15.5. The first-order valence-electron chi connectivity index (χ1n) is 8.87. The topological polar surface area (TPSA) is 137 Å². The SMILES string of the molecule is N=C/C=C(\N)c1ccc(Oc2ccc(NCC3CCC(=O)N3)c(C=N)c2)nc1. The number of carbonyl (C=O) groups is 1. The van der Waals surface area contributed by atoms with E-state index in [0.29, 0.717) is 41.4 Å². The molecule has 0 bridgehead atoms. The minimum absolute atomic E-state index is 0.0800. The molecule has 0 spiro atoms. The van der Waals surface area contributed by atoms with Gasteiger partial charge in [-0.3, -0.25) is 4.79 Å². The zero-order valence-electron chi connectivity index (χ0n) is 15.2. The molecule has 0 saturated carbocycles. The van der Waals surface area contributed by atoms with Gasteiger partial charge in [-0.2, -0.15) is 0 Å². The number of hydrogen-bond acceptors (Lipinski definition) is 7. The lowest BCUT2D eigenvalue weighted by atomic mass is 10.1. The second-order valence-corrected chi connectivity index (χ2v) is 6.35. The van der Waals surface area contributed by atoms with E-state index in [4.69, 9.17) is 21.3 Å². The number of benzene rings is 1. The van der Waals surface area contributed by atoms with E-state index >= 15 is 0 Å². The van der Waals surface area contributed by atoms with E-state index in [1.807, 2.05) is 6.07 Å². The molecular formula is C20H22N6O2. The Morgan fingerprint density at radius 2 is 2.21 bits per heavy atom. The number of pyridine rings is 1. The molecule has 2 heterocycles. The quantitative estimate of drug-likeness (QED) is 0.450. The van der Waals surface area contributed by atoms with Crippen molar-refractivity contribution in [1.82, 2.24) is 10.3 Å². The van der Waals surface area contributed by atoms with E-state index in [1.165, 1.54) is 12.3 Å². The van der Waals surface area contributed by atoms with Crippen molar-refractivity contribution < 1.29 is 9.53 Å². The average molecular weight is 378 g/mol. The van der Waals surface area contributed by atoms with Crippen molar-refractivity contribution in [3.63, 3.8) is 0 Å². The number of anilines is 1. The van der Waals surface area contributed by atoms with E-state index < -0.39 is 0 Å². The van der Waals surface area contributed by atoms with E-state index in [1.54, 1.807) is 30.5 Å². The number of aromatic nitrogens is 1. The zero-order chi connectivity index (χ0) is 19.9. The molecule has 3 rings (SSSR count). The largest absolute Gasteiger partial charge is 0.439 e. The average Bonchev–Trinajstić information content (AvgIpc) is 3.12. The van der Waals surface area contributed by atoms with Gasteiger partial charge in [-0.25, -0.2) is 4.98 Å². The minimum atomic E-state index is 0.0800. The first kappa shape index (κ1) is 19.1. The van der Waals surface area contributed by atoms with Gasteiger partial charge in [-0.1, -0.05) is 0 Å². The molecule has 1 saturated heterocycles. The van der Waals surface area contributed by atoms with Crippen LogP contribution in [0.15, 0.2) is 42.6 Å². The summed E-state index contributed by atoms with van der Waals surface area (Å²) in [7, 11) is 0. The predicted molar refractivity (Wildman–Crippen MR) is 109 cm³/mol. The van der Waals surface area contributed by atoms with Crippen LogP contribution in [0.5, 0.6) is 11.6 Å². The number of rotatable bonds is 8. The molecule has 144 valence electrons. The summed E-state index contributed by atoms with van der Waals surface area (Å²) in [6.07, 6.45) is 6.81. The van der Waals surface area contributed by atoms with Crippen LogP contribution in [0.3, 0.4) is 0 Å². The van der Waals surface area contributed by atoms with Crippen LogP contribution in [0.4, 0.5) is 5.69 Å². The highest BCUT2D eigenvalue weighted by atomic mass is 16.5. The Morgan fingerprint density at radius 3 is 2.86 bits per heavy atom. The highest BCUT2D eigenvalue weighted by Gasteiger charge is 2.20. The Morgan fingerprint density at radius 1 is 1.36 bits per heavy atom. The van der Waals surface area contributed by atoms with Gasteiger partial charge >= 0.3 is 0 Å². The molecule has 1 aliphatic heterocycles. The third-order valence-corrected chi connectivity index (χ3v) is 4.36. The fourth-order valence-corrected chi connectivity index (χ4v) is 2.87. The molecule has 1 aromatic heterocycles. The molecule has 0 aliphatic carbocycles. The lowest BCUT2D eigenvalue weighted by Gasteiger charge is -2.15. The van der Waals surface area contributed by atoms with Gasteiger partial charge in [-0.05, 0) is 36.8 Å². The molecule has 1 aliphatic rings. The fourth-order valence-electron chi connectivity index (χ4n) is 2.87. The summed E-state index contributed by atoms with van der Waals surface area (Å²) in [5.41, 5.74) is 8.45. The fraction of sp³-hybridized carbons (Fsp3) is 0.200. The van der Waals surface area contributed by atoms with Gasteiger partial charge in [0.1, 0.15) is 5.75 Å². The third kappa shape index (κ3) is 4.73. The van der Waals surface area contributed by atoms with E-state index in [9.17, 15) is 4.79 Å². The van der Waals surface area contributed by atoms with Crippen molar-refractivity contribution in [2.24, 2.45) is 5.73 Å². The molecule has 1 aromatic carbocycles. The molecule has 6 N–H and O–H groups in total. The Labute approximate surface area is 162 Å². The molecule has 0 radical (unpaired) electrons. The van der Waals surface area contributed by atoms with Crippen molar-refractivity contribution >= 4 is 29.7 Å². The molecular weight excluding hydrogens is 356 g/mol. The Hall–Kier alpha value is -3.68. The molecule has 1 unspecified atom stereocenters. The molecule has 2 aromatic rings. The van der Waals surface area contributed by atoms with Gasteiger partial charge in [0.15, 0.2) is 0 Å². The number of nitrogens with one attached hydrogen (secondary N) is 4. The van der Waals surface area contributed by atoms with Gasteiger partial charge in [0.05, 0.1) is 0 Å². The van der Waals surface area contributed by atoms with Crippen molar-refractivity contribution in [2.45, 2.75) is 18.9 Å². The summed E-state index contributed by atoms with van der Waals surface area (Å²) < 4.78 is 5.76. The van der Waals surface area contributed by atoms with Crippen molar-refractivity contribution in [3.05, 3.63) is 53.7 Å². The molecule has 8 nitrogen and oxygen atoms in total. The number of nitrogens with two attached hydrogens (primary N) is 1. The lowest BCUT2D eigenvalue weighted by Crippen LogP contribution is -2.31. The summed E-state index contributed by atoms with van der Waals surface area (Å²) in [5, 5.41) is 20.9. The number of carbonyl (C=O) groups excluding carboxylic acids is 1. The second-order valence-electron chi connectivity index (χ2n) is 6.35. The standard InChI is InChI=1S/C20H22N6O2/c21-8-7-17(23)13-1-6-20(25-11-13)28-16-3-4-18(14(9-16)10-22)24-12-15-2-5-19(27)26-15/h1,3-4,6-11,15,21-22,24H,2,5,12,23H2,(H,26,27)/b17-7-,21-8?,22-10?. The van der Waals surface area contributed by atoms with Crippen LogP contribution in [-0.2, 0) is 4.79 Å². The molecule has 1 fully saturated rings. The lowest BCUT2D eigenvalue weighted by molar-refractivity contribution is -0.119. The Balaban J connectivity index is 1.66. The van der Waals surface area contributed by atoms with Crippen LogP contribution in [0.2, 0.25) is 0 Å². The third-order valence-electron chi connectivity index (χ3n) is 4.36. The van der Waals surface area contributed by atoms with Crippen LogP contribution in [0.1, 0.15) is 24.0 Å². The predicted octanol–water partition coefficient (Wildman–Crippen LogP) is 2.51. The number of nitrogens with zero attached hydrogens (tertiary/aromatic N) is 1. The van der Waals surface area contributed by atoms with Crippen molar-refractivity contribution in [2.75, 3.05) is 11.9 Å². The number of allylic oxidation sites excluding steroid dienone is 1. The van der Waals surface area contributed by atoms with Crippen molar-refractivity contribution in [3.8, 4) is 11.6 Å². The Kier molecular flexibility index (Phi) is 6.01. The summed E-state index contributed by atoms with van der Waals surface area (Å²) >= 11 is 0. The molecule has 1 atom stereocenters. The first-order chi connectivity index (χ1) is 13.6. The van der Waals surface area contributed by atoms with Gasteiger partial charge in [0, 0.05) is 66.2 Å². The molecule has 28 heavy (non-hydrogen) atoms. The zero-order valence-corrected chi connectivity index (χ0v) is 15.2. The van der Waals surface area contributed by atoms with Gasteiger partial charge in [0.2, 0.25) is 11.8 Å². The highest BCUT2D eigenvalue weighted by molar-refractivity contribution is 5.86. The maximum atomic E-state index is 11.3. The molecule has 8 heteroatoms. The Bertz CT molecular complexity index is 907.